The Morgan fingerprint density at radius 2 is 2.21 bits per heavy atom. The Balaban J connectivity index is 2.11. The maximum absolute atomic E-state index is 11.9. The summed E-state index contributed by atoms with van der Waals surface area (Å²) in [7, 11) is 0. The van der Waals surface area contributed by atoms with E-state index in [1.54, 1.807) is 29.5 Å². The lowest BCUT2D eigenvalue weighted by atomic mass is 10.1. The van der Waals surface area contributed by atoms with Crippen LogP contribution in [0.15, 0.2) is 40.5 Å². The van der Waals surface area contributed by atoms with Crippen LogP contribution in [0.4, 0.5) is 0 Å². The van der Waals surface area contributed by atoms with Gasteiger partial charge in [0.1, 0.15) is 12.1 Å². The molecule has 0 bridgehead atoms. The molecule has 0 atom stereocenters. The van der Waals surface area contributed by atoms with Crippen LogP contribution >= 0.6 is 11.3 Å². The van der Waals surface area contributed by atoms with Gasteiger partial charge in [-0.2, -0.15) is 0 Å². The third-order valence-electron chi connectivity index (χ3n) is 2.84. The maximum atomic E-state index is 11.9. The fourth-order valence-corrected chi connectivity index (χ4v) is 2.65. The maximum Gasteiger partial charge on any atom is 0.258 e. The van der Waals surface area contributed by atoms with Gasteiger partial charge < -0.3 is 4.98 Å². The average Bonchev–Trinajstić information content (AvgIpc) is 2.91. The molecule has 0 spiro atoms. The summed E-state index contributed by atoms with van der Waals surface area (Å²) in [6.07, 6.45) is 1.34. The van der Waals surface area contributed by atoms with Gasteiger partial charge in [0.15, 0.2) is 0 Å². The van der Waals surface area contributed by atoms with Crippen molar-refractivity contribution in [3.8, 4) is 0 Å². The van der Waals surface area contributed by atoms with Gasteiger partial charge in [0.25, 0.3) is 5.56 Å². The van der Waals surface area contributed by atoms with Crippen molar-refractivity contribution in [3.63, 3.8) is 0 Å². The van der Waals surface area contributed by atoms with Crippen molar-refractivity contribution in [1.29, 1.82) is 0 Å². The fraction of sp³-hybridized carbons (Fsp3) is 0.0714. The zero-order valence-corrected chi connectivity index (χ0v) is 10.7. The van der Waals surface area contributed by atoms with Crippen LogP contribution in [0.25, 0.3) is 10.9 Å². The molecule has 4 nitrogen and oxygen atoms in total. The van der Waals surface area contributed by atoms with Gasteiger partial charge in [0, 0.05) is 16.9 Å². The SMILES string of the molecule is O=Cc1ccc2c(=O)[nH]c(Cc3cccs3)nc2c1. The number of aromatic amines is 1. The summed E-state index contributed by atoms with van der Waals surface area (Å²) < 4.78 is 0. The van der Waals surface area contributed by atoms with E-state index < -0.39 is 0 Å². The number of nitrogens with one attached hydrogen (secondary N) is 1. The summed E-state index contributed by atoms with van der Waals surface area (Å²) in [6, 6.07) is 8.83. The molecule has 2 heterocycles. The molecule has 5 heteroatoms. The number of aldehydes is 1. The Morgan fingerprint density at radius 3 is 2.95 bits per heavy atom. The monoisotopic (exact) mass is 270 g/mol. The van der Waals surface area contributed by atoms with Crippen LogP contribution in [0.5, 0.6) is 0 Å². The number of carbonyl (C=O) groups excluding carboxylic acids is 1. The highest BCUT2D eigenvalue weighted by Crippen LogP contribution is 2.14. The molecule has 0 aliphatic rings. The van der Waals surface area contributed by atoms with Crippen LogP contribution in [0.3, 0.4) is 0 Å². The number of thiophene rings is 1. The highest BCUT2D eigenvalue weighted by Gasteiger charge is 2.06. The smallest absolute Gasteiger partial charge is 0.258 e. The molecule has 3 aromatic rings. The van der Waals surface area contributed by atoms with E-state index in [4.69, 9.17) is 0 Å². The van der Waals surface area contributed by atoms with Gasteiger partial charge in [-0.25, -0.2) is 4.98 Å². The average molecular weight is 270 g/mol. The van der Waals surface area contributed by atoms with Crippen LogP contribution in [-0.4, -0.2) is 16.3 Å². The predicted molar refractivity (Wildman–Crippen MR) is 74.9 cm³/mol. The van der Waals surface area contributed by atoms with Crippen LogP contribution in [-0.2, 0) is 6.42 Å². The van der Waals surface area contributed by atoms with Gasteiger partial charge in [-0.1, -0.05) is 12.1 Å². The van der Waals surface area contributed by atoms with E-state index >= 15 is 0 Å². The number of hydrogen-bond acceptors (Lipinski definition) is 4. The number of rotatable bonds is 3. The first-order valence-corrected chi connectivity index (χ1v) is 6.65. The number of aromatic nitrogens is 2. The number of hydrogen-bond donors (Lipinski definition) is 1. The van der Waals surface area contributed by atoms with Gasteiger partial charge in [0.05, 0.1) is 10.9 Å². The van der Waals surface area contributed by atoms with Crippen molar-refractivity contribution in [2.24, 2.45) is 0 Å². The molecule has 1 N–H and O–H groups in total. The number of carbonyl (C=O) groups is 1. The molecule has 0 radical (unpaired) electrons. The van der Waals surface area contributed by atoms with E-state index in [-0.39, 0.29) is 5.56 Å². The Labute approximate surface area is 112 Å². The molecular formula is C14H10N2O2S. The Bertz CT molecular complexity index is 791. The second-order valence-electron chi connectivity index (χ2n) is 4.16. The van der Waals surface area contributed by atoms with Gasteiger partial charge in [-0.05, 0) is 23.6 Å². The van der Waals surface area contributed by atoms with Crippen LogP contribution in [0.2, 0.25) is 0 Å². The minimum Gasteiger partial charge on any atom is -0.310 e. The van der Waals surface area contributed by atoms with E-state index in [0.29, 0.717) is 28.7 Å². The normalized spacial score (nSPS) is 10.7. The summed E-state index contributed by atoms with van der Waals surface area (Å²) in [5.74, 6) is 0.614. The summed E-state index contributed by atoms with van der Waals surface area (Å²) in [5, 5.41) is 2.49. The number of benzene rings is 1. The summed E-state index contributed by atoms with van der Waals surface area (Å²) in [4.78, 5) is 31.0. The molecular weight excluding hydrogens is 260 g/mol. The molecule has 0 unspecified atom stereocenters. The molecule has 19 heavy (non-hydrogen) atoms. The van der Waals surface area contributed by atoms with E-state index in [9.17, 15) is 9.59 Å². The third-order valence-corrected chi connectivity index (χ3v) is 3.71. The van der Waals surface area contributed by atoms with Crippen molar-refractivity contribution in [1.82, 2.24) is 9.97 Å². The topological polar surface area (TPSA) is 62.8 Å². The Hall–Kier alpha value is -2.27. The molecule has 0 aliphatic carbocycles. The highest BCUT2D eigenvalue weighted by atomic mass is 32.1. The Kier molecular flexibility index (Phi) is 2.97. The summed E-state index contributed by atoms with van der Waals surface area (Å²) >= 11 is 1.62. The molecule has 2 aromatic heterocycles. The zero-order chi connectivity index (χ0) is 13.2. The largest absolute Gasteiger partial charge is 0.310 e. The second kappa shape index (κ2) is 4.78. The second-order valence-corrected chi connectivity index (χ2v) is 5.20. The number of nitrogens with zero attached hydrogens (tertiary/aromatic N) is 1. The first-order valence-electron chi connectivity index (χ1n) is 5.77. The molecule has 0 saturated carbocycles. The van der Waals surface area contributed by atoms with E-state index in [0.717, 1.165) is 11.2 Å². The fourth-order valence-electron chi connectivity index (χ4n) is 1.94. The van der Waals surface area contributed by atoms with Gasteiger partial charge in [0.2, 0.25) is 0 Å². The molecule has 0 amide bonds. The molecule has 1 aromatic carbocycles. The molecule has 0 aliphatic heterocycles. The number of H-pyrrole nitrogens is 1. The Morgan fingerprint density at radius 1 is 1.32 bits per heavy atom. The van der Waals surface area contributed by atoms with Crippen molar-refractivity contribution in [2.45, 2.75) is 6.42 Å². The van der Waals surface area contributed by atoms with Crippen molar-refractivity contribution in [3.05, 3.63) is 62.3 Å². The van der Waals surface area contributed by atoms with Crippen molar-refractivity contribution in [2.75, 3.05) is 0 Å². The molecule has 0 fully saturated rings. The standard InChI is InChI=1S/C14H10N2O2S/c17-8-9-3-4-11-12(6-9)15-13(16-14(11)18)7-10-2-1-5-19-10/h1-6,8H,7H2,(H,15,16,18). The van der Waals surface area contributed by atoms with Crippen LogP contribution < -0.4 is 5.56 Å². The first kappa shape index (κ1) is 11.8. The third kappa shape index (κ3) is 2.32. The molecule has 3 rings (SSSR count). The van der Waals surface area contributed by atoms with Crippen molar-refractivity contribution < 1.29 is 4.79 Å². The van der Waals surface area contributed by atoms with Gasteiger partial charge in [-0.15, -0.1) is 11.3 Å². The molecule has 0 saturated heterocycles. The zero-order valence-electron chi connectivity index (χ0n) is 9.92. The van der Waals surface area contributed by atoms with Crippen molar-refractivity contribution >= 4 is 28.5 Å². The van der Waals surface area contributed by atoms with Crippen LogP contribution in [0, 0.1) is 0 Å². The summed E-state index contributed by atoms with van der Waals surface area (Å²) in [5.41, 5.74) is 0.904. The lowest BCUT2D eigenvalue weighted by molar-refractivity contribution is 0.112. The van der Waals surface area contributed by atoms with Gasteiger partial charge in [-0.3, -0.25) is 9.59 Å². The lowest BCUT2D eigenvalue weighted by Crippen LogP contribution is -2.12. The molecule has 94 valence electrons. The summed E-state index contributed by atoms with van der Waals surface area (Å²) in [6.45, 7) is 0. The first-order chi connectivity index (χ1) is 9.26. The van der Waals surface area contributed by atoms with Gasteiger partial charge >= 0.3 is 0 Å². The lowest BCUT2D eigenvalue weighted by Gasteiger charge is -2.02. The number of fused-ring (bicyclic) bond motifs is 1. The highest BCUT2D eigenvalue weighted by molar-refractivity contribution is 7.09. The van der Waals surface area contributed by atoms with E-state index in [1.807, 2.05) is 17.5 Å². The van der Waals surface area contributed by atoms with Crippen LogP contribution in [0.1, 0.15) is 21.1 Å². The van der Waals surface area contributed by atoms with E-state index in [2.05, 4.69) is 9.97 Å². The predicted octanol–water partition coefficient (Wildman–Crippen LogP) is 2.39. The minimum absolute atomic E-state index is 0.172. The minimum atomic E-state index is -0.172. The quantitative estimate of drug-likeness (QED) is 0.743. The van der Waals surface area contributed by atoms with E-state index in [1.165, 1.54) is 0 Å².